The standard InChI is InChI=1S/C88H100B2/c1-45(2)49-27-29-71-55(31-49)63-33-51(47(5)6)35-65-59-41-57(75-67(85(15,16)17)37-53(83(9,10)11)38-68(75)86(18,19)20)62-44-74-78-60(66-36-52(48(7)8)34-64-56-32-50(46(3)4)28-30-72(56)90(74)82(64)66)42-58(61-43-73(89(71)81(63)65)77(59)79(62)80(61)78)76-69(87(21,22)23)39-54(84(12,13)14)40-70(76)88(24,25)26/h27-48H,1-26H3. The van der Waals surface area contributed by atoms with Crippen LogP contribution in [-0.4, -0.2) is 13.4 Å². The Bertz CT molecular complexity index is 4380. The van der Waals surface area contributed by atoms with Gasteiger partial charge < -0.3 is 0 Å². The third kappa shape index (κ3) is 8.87. The van der Waals surface area contributed by atoms with Crippen LogP contribution in [0, 0.1) is 0 Å². The fraction of sp³-hybridized carbons (Fsp3) is 0.409. The lowest BCUT2D eigenvalue weighted by molar-refractivity contribution is 0.550. The maximum absolute atomic E-state index is 2.81. The zero-order valence-corrected chi connectivity index (χ0v) is 59.9. The molecule has 0 spiro atoms. The van der Waals surface area contributed by atoms with Gasteiger partial charge in [-0.1, -0.05) is 310 Å². The van der Waals surface area contributed by atoms with Crippen LogP contribution in [0.15, 0.2) is 109 Å². The first-order valence-corrected chi connectivity index (χ1v) is 34.7. The Morgan fingerprint density at radius 2 is 0.522 bits per heavy atom. The van der Waals surface area contributed by atoms with Crippen LogP contribution in [0.25, 0.3) is 99.1 Å². The van der Waals surface area contributed by atoms with E-state index in [1.165, 1.54) is 187 Å². The second-order valence-corrected chi connectivity index (χ2v) is 36.1. The first-order chi connectivity index (χ1) is 41.7. The Morgan fingerprint density at radius 3 is 0.789 bits per heavy atom. The normalized spacial score (nSPS) is 14.5. The summed E-state index contributed by atoms with van der Waals surface area (Å²) in [6.07, 6.45) is 0. The molecule has 4 aliphatic heterocycles. The molecule has 0 saturated carbocycles. The minimum atomic E-state index is -0.177. The summed E-state index contributed by atoms with van der Waals surface area (Å²) in [5.74, 6) is 1.53. The summed E-state index contributed by atoms with van der Waals surface area (Å²) < 4.78 is 0. The molecule has 458 valence electrons. The highest BCUT2D eigenvalue weighted by atomic mass is 14.4. The van der Waals surface area contributed by atoms with Gasteiger partial charge in [-0.05, 0) is 223 Å². The number of hydrogen-bond donors (Lipinski definition) is 0. The Morgan fingerprint density at radius 1 is 0.244 bits per heavy atom. The van der Waals surface area contributed by atoms with E-state index < -0.39 is 0 Å². The molecule has 10 aromatic carbocycles. The smallest absolute Gasteiger partial charge is 0.0661 e. The molecule has 90 heavy (non-hydrogen) atoms. The molecule has 4 aliphatic rings. The van der Waals surface area contributed by atoms with Crippen LogP contribution < -0.4 is 32.8 Å². The van der Waals surface area contributed by atoms with Gasteiger partial charge in [0.15, 0.2) is 0 Å². The van der Waals surface area contributed by atoms with Crippen LogP contribution in [0.2, 0.25) is 0 Å². The van der Waals surface area contributed by atoms with E-state index in [4.69, 9.17) is 0 Å². The van der Waals surface area contributed by atoms with Gasteiger partial charge in [-0.3, -0.25) is 0 Å². The van der Waals surface area contributed by atoms with Gasteiger partial charge in [-0.25, -0.2) is 0 Å². The van der Waals surface area contributed by atoms with Gasteiger partial charge in [0.1, 0.15) is 0 Å². The average molecular weight is 1180 g/mol. The Labute approximate surface area is 543 Å². The molecule has 4 heterocycles. The lowest BCUT2D eigenvalue weighted by Gasteiger charge is -2.37. The van der Waals surface area contributed by atoms with Crippen LogP contribution >= 0.6 is 0 Å². The second kappa shape index (κ2) is 19.5. The minimum absolute atomic E-state index is 0.0505. The van der Waals surface area contributed by atoms with E-state index in [1.54, 1.807) is 0 Å². The van der Waals surface area contributed by atoms with E-state index >= 15 is 0 Å². The zero-order valence-electron chi connectivity index (χ0n) is 59.9. The van der Waals surface area contributed by atoms with Crippen LogP contribution in [0.1, 0.15) is 259 Å². The van der Waals surface area contributed by atoms with E-state index in [-0.39, 0.29) is 45.9 Å². The Kier molecular flexibility index (Phi) is 13.2. The van der Waals surface area contributed by atoms with E-state index in [1.807, 2.05) is 0 Å². The number of rotatable bonds is 6. The summed E-state index contributed by atoms with van der Waals surface area (Å²) in [5.41, 5.74) is 39.2. The van der Waals surface area contributed by atoms with Crippen molar-refractivity contribution in [2.45, 2.75) is 236 Å². The van der Waals surface area contributed by atoms with Crippen molar-refractivity contribution in [3.8, 4) is 66.8 Å². The summed E-state index contributed by atoms with van der Waals surface area (Å²) >= 11 is 0. The molecule has 0 fully saturated rings. The molecule has 0 N–H and O–H groups in total. The molecule has 14 rings (SSSR count). The quantitative estimate of drug-likeness (QED) is 0.115. The lowest BCUT2D eigenvalue weighted by Crippen LogP contribution is -2.53. The van der Waals surface area contributed by atoms with Crippen molar-refractivity contribution in [2.24, 2.45) is 0 Å². The summed E-state index contributed by atoms with van der Waals surface area (Å²) in [5, 5.41) is 8.59. The molecular formula is C88H100B2. The van der Waals surface area contributed by atoms with Gasteiger partial charge in [-0.2, -0.15) is 0 Å². The number of benzene rings is 10. The predicted molar refractivity (Wildman–Crippen MR) is 401 cm³/mol. The van der Waals surface area contributed by atoms with Gasteiger partial charge in [-0.15, -0.1) is 0 Å². The molecule has 0 amide bonds. The summed E-state index contributed by atoms with van der Waals surface area (Å²) in [6, 6.07) is 47.4. The van der Waals surface area contributed by atoms with Crippen LogP contribution in [-0.2, 0) is 32.5 Å². The van der Waals surface area contributed by atoms with E-state index in [0.29, 0.717) is 23.7 Å². The molecule has 10 aromatic rings. The monoisotopic (exact) mass is 1180 g/mol. The van der Waals surface area contributed by atoms with Gasteiger partial charge in [0.25, 0.3) is 0 Å². The van der Waals surface area contributed by atoms with Crippen molar-refractivity contribution >= 4 is 78.5 Å². The molecule has 0 bridgehead atoms. The van der Waals surface area contributed by atoms with Gasteiger partial charge in [0.05, 0.1) is 0 Å². The molecule has 0 unspecified atom stereocenters. The second-order valence-electron chi connectivity index (χ2n) is 36.1. The topological polar surface area (TPSA) is 0 Å². The van der Waals surface area contributed by atoms with Gasteiger partial charge in [0, 0.05) is 0 Å². The van der Waals surface area contributed by atoms with Crippen LogP contribution in [0.5, 0.6) is 0 Å². The van der Waals surface area contributed by atoms with Crippen LogP contribution in [0.3, 0.4) is 0 Å². The molecule has 0 aromatic heterocycles. The molecular weight excluding hydrogens is 1080 g/mol. The largest absolute Gasteiger partial charge is 0.244 e. The molecule has 2 heteroatoms. The van der Waals surface area contributed by atoms with Gasteiger partial charge >= 0.3 is 0 Å². The fourth-order valence-corrected chi connectivity index (χ4v) is 17.0. The lowest BCUT2D eigenvalue weighted by atomic mass is 9.34. The highest BCUT2D eigenvalue weighted by Crippen LogP contribution is 2.56. The van der Waals surface area contributed by atoms with Crippen molar-refractivity contribution in [3.63, 3.8) is 0 Å². The highest BCUT2D eigenvalue weighted by Gasteiger charge is 2.47. The maximum Gasteiger partial charge on any atom is 0.244 e. The maximum atomic E-state index is 2.81. The van der Waals surface area contributed by atoms with Crippen molar-refractivity contribution in [3.05, 3.63) is 165 Å². The number of fused-ring (bicyclic) bond motifs is 10. The summed E-state index contributed by atoms with van der Waals surface area (Å²) in [4.78, 5) is 0. The van der Waals surface area contributed by atoms with Crippen molar-refractivity contribution in [1.29, 1.82) is 0 Å². The Balaban J connectivity index is 1.31. The first kappa shape index (κ1) is 60.9. The van der Waals surface area contributed by atoms with Crippen molar-refractivity contribution < 1.29 is 0 Å². The summed E-state index contributed by atoms with van der Waals surface area (Å²) in [7, 11) is 0. The van der Waals surface area contributed by atoms with Gasteiger partial charge in [0.2, 0.25) is 13.4 Å². The SMILES string of the molecule is CC(C)c1ccc2c(c1)-c1cc(C(C)C)cc3c1B2c1cc2c(-c4c(C(C)(C)C)cc(C(C)(C)C)cc4C(C)(C)C)cc4c5c(cc6c(-c7c(C(C)(C)C)cc(C(C)(C)C)cc7C(C)(C)C)cc-3c1c6c25)B1c2ccc(C(C)C)cc2-c2cc(C(C)C)cc-4c21. The highest BCUT2D eigenvalue weighted by molar-refractivity contribution is 7.03. The van der Waals surface area contributed by atoms with Crippen molar-refractivity contribution in [1.82, 2.24) is 0 Å². The van der Waals surface area contributed by atoms with E-state index in [9.17, 15) is 0 Å². The van der Waals surface area contributed by atoms with E-state index in [2.05, 4.69) is 289 Å². The van der Waals surface area contributed by atoms with Crippen molar-refractivity contribution in [2.75, 3.05) is 0 Å². The third-order valence-corrected chi connectivity index (χ3v) is 22.1. The van der Waals surface area contributed by atoms with E-state index in [0.717, 1.165) is 0 Å². The van der Waals surface area contributed by atoms with Crippen LogP contribution in [0.4, 0.5) is 0 Å². The summed E-state index contributed by atoms with van der Waals surface area (Å²) in [6.45, 7) is 63.5. The molecule has 0 saturated heterocycles. The predicted octanol–water partition coefficient (Wildman–Crippen LogP) is 21.2. The number of hydrogen-bond acceptors (Lipinski definition) is 0. The molecule has 0 atom stereocenters. The molecule has 0 radical (unpaired) electrons. The molecule has 0 aliphatic carbocycles. The first-order valence-electron chi connectivity index (χ1n) is 34.7. The zero-order chi connectivity index (χ0) is 64.8. The third-order valence-electron chi connectivity index (χ3n) is 22.1. The minimum Gasteiger partial charge on any atom is -0.0661 e. The Hall–Kier alpha value is -6.63. The molecule has 0 nitrogen and oxygen atoms in total. The average Bonchev–Trinajstić information content (AvgIpc) is 1.15. The fourth-order valence-electron chi connectivity index (χ4n) is 17.0.